The van der Waals surface area contributed by atoms with Gasteiger partial charge in [-0.2, -0.15) is 9.61 Å². The maximum absolute atomic E-state index is 12.5. The number of para-hydroxylation sites is 2. The van der Waals surface area contributed by atoms with Crippen molar-refractivity contribution in [3.8, 4) is 11.3 Å². The predicted molar refractivity (Wildman–Crippen MR) is 115 cm³/mol. The van der Waals surface area contributed by atoms with Crippen molar-refractivity contribution < 1.29 is 8.94 Å². The number of nitrogens with zero attached hydrogens (tertiary/aromatic N) is 5. The molecule has 2 aromatic carbocycles. The average Bonchev–Trinajstić information content (AvgIpc) is 3.46. The van der Waals surface area contributed by atoms with E-state index in [0.29, 0.717) is 27.6 Å². The number of fused-ring (bicyclic) bond motifs is 3. The second kappa shape index (κ2) is 6.67. The van der Waals surface area contributed by atoms with Gasteiger partial charge in [0.05, 0.1) is 11.3 Å². The Morgan fingerprint density at radius 1 is 1.06 bits per heavy atom. The standard InChI is InChI=1S/C21H11N5O4S/c27-20-13(9-11-5-1-3-7-15(11)29-20)18-19(24-28)26-21(22-18)31-17(23-26)10-14-12-6-2-4-8-16(12)30-25-14/h1-9H,10H2. The topological polar surface area (TPSA) is 116 Å². The van der Waals surface area contributed by atoms with E-state index in [1.165, 1.54) is 15.9 Å². The molecular weight excluding hydrogens is 418 g/mol. The van der Waals surface area contributed by atoms with Gasteiger partial charge in [0, 0.05) is 17.2 Å². The Morgan fingerprint density at radius 2 is 1.87 bits per heavy atom. The van der Waals surface area contributed by atoms with Crippen molar-refractivity contribution in [3.05, 3.63) is 80.6 Å². The summed E-state index contributed by atoms with van der Waals surface area (Å²) < 4.78 is 12.1. The van der Waals surface area contributed by atoms with Crippen LogP contribution in [0.5, 0.6) is 0 Å². The smallest absolute Gasteiger partial charge is 0.345 e. The number of imidazole rings is 1. The SMILES string of the molecule is O=Nc1c(-c2cc3ccccc3oc2=O)nc2sc(Cc3noc4ccccc34)nn12. The molecule has 6 aromatic rings. The molecule has 0 aliphatic heterocycles. The lowest BCUT2D eigenvalue weighted by Gasteiger charge is -1.99. The van der Waals surface area contributed by atoms with Crippen LogP contribution < -0.4 is 5.63 Å². The van der Waals surface area contributed by atoms with E-state index in [1.807, 2.05) is 36.4 Å². The van der Waals surface area contributed by atoms with Gasteiger partial charge >= 0.3 is 5.63 Å². The van der Waals surface area contributed by atoms with E-state index < -0.39 is 5.63 Å². The molecule has 6 rings (SSSR count). The number of nitroso groups, excluding NO2 is 1. The van der Waals surface area contributed by atoms with Crippen molar-refractivity contribution in [2.45, 2.75) is 6.42 Å². The third kappa shape index (κ3) is 2.76. The summed E-state index contributed by atoms with van der Waals surface area (Å²) in [4.78, 5) is 29.1. The number of rotatable bonds is 4. The Labute approximate surface area is 176 Å². The van der Waals surface area contributed by atoms with Crippen LogP contribution >= 0.6 is 11.3 Å². The minimum absolute atomic E-state index is 0.0508. The third-order valence-corrected chi connectivity index (χ3v) is 5.88. The highest BCUT2D eigenvalue weighted by atomic mass is 32.1. The second-order valence-electron chi connectivity index (χ2n) is 6.85. The zero-order valence-corrected chi connectivity index (χ0v) is 16.5. The van der Waals surface area contributed by atoms with Gasteiger partial charge in [0.1, 0.15) is 16.3 Å². The Balaban J connectivity index is 1.45. The molecule has 0 unspecified atom stereocenters. The molecule has 4 aromatic heterocycles. The first kappa shape index (κ1) is 17.7. The summed E-state index contributed by atoms with van der Waals surface area (Å²) in [6, 6.07) is 16.3. The zero-order chi connectivity index (χ0) is 20.9. The fourth-order valence-corrected chi connectivity index (χ4v) is 4.44. The highest BCUT2D eigenvalue weighted by Crippen LogP contribution is 2.33. The summed E-state index contributed by atoms with van der Waals surface area (Å²) in [5.41, 5.74) is 1.60. The van der Waals surface area contributed by atoms with Gasteiger partial charge in [0.2, 0.25) is 10.8 Å². The maximum atomic E-state index is 12.5. The fraction of sp³-hybridized carbons (Fsp3) is 0.0476. The van der Waals surface area contributed by atoms with Crippen molar-refractivity contribution >= 4 is 44.1 Å². The number of hydrogen-bond acceptors (Lipinski definition) is 9. The number of aromatic nitrogens is 4. The van der Waals surface area contributed by atoms with Crippen molar-refractivity contribution in [2.75, 3.05) is 0 Å². The minimum Gasteiger partial charge on any atom is -0.422 e. The van der Waals surface area contributed by atoms with Crippen molar-refractivity contribution in [1.29, 1.82) is 0 Å². The monoisotopic (exact) mass is 429 g/mol. The van der Waals surface area contributed by atoms with E-state index in [1.54, 1.807) is 18.2 Å². The zero-order valence-electron chi connectivity index (χ0n) is 15.7. The lowest BCUT2D eigenvalue weighted by atomic mass is 10.1. The minimum atomic E-state index is -0.594. The van der Waals surface area contributed by atoms with E-state index in [4.69, 9.17) is 8.94 Å². The van der Waals surface area contributed by atoms with Gasteiger partial charge in [-0.3, -0.25) is 0 Å². The molecular formula is C21H11N5O4S. The van der Waals surface area contributed by atoms with E-state index in [9.17, 15) is 9.70 Å². The van der Waals surface area contributed by atoms with Crippen LogP contribution in [0.1, 0.15) is 10.7 Å². The Morgan fingerprint density at radius 3 is 2.74 bits per heavy atom. The summed E-state index contributed by atoms with van der Waals surface area (Å²) in [7, 11) is 0. The van der Waals surface area contributed by atoms with Gasteiger partial charge in [-0.25, -0.2) is 9.78 Å². The van der Waals surface area contributed by atoms with Crippen LogP contribution in [0.25, 0.3) is 38.2 Å². The first-order valence-electron chi connectivity index (χ1n) is 9.29. The molecule has 150 valence electrons. The van der Waals surface area contributed by atoms with Gasteiger partial charge in [0.15, 0.2) is 5.58 Å². The molecule has 4 heterocycles. The van der Waals surface area contributed by atoms with Crippen molar-refractivity contribution in [1.82, 2.24) is 19.8 Å². The molecule has 10 heteroatoms. The Bertz CT molecular complexity index is 1680. The summed E-state index contributed by atoms with van der Waals surface area (Å²) in [5, 5.41) is 14.0. The third-order valence-electron chi connectivity index (χ3n) is 4.98. The van der Waals surface area contributed by atoms with Crippen LogP contribution in [0.15, 0.2) is 73.5 Å². The van der Waals surface area contributed by atoms with E-state index in [-0.39, 0.29) is 17.1 Å². The summed E-state index contributed by atoms with van der Waals surface area (Å²) in [6.45, 7) is 0. The molecule has 31 heavy (non-hydrogen) atoms. The Hall–Kier alpha value is -4.18. The van der Waals surface area contributed by atoms with Crippen LogP contribution in [0.4, 0.5) is 5.82 Å². The second-order valence-corrected chi connectivity index (χ2v) is 7.89. The maximum Gasteiger partial charge on any atom is 0.345 e. The van der Waals surface area contributed by atoms with Crippen LogP contribution in [0, 0.1) is 4.91 Å². The number of benzene rings is 2. The summed E-state index contributed by atoms with van der Waals surface area (Å²) in [5.74, 6) is -0.0508. The fourth-order valence-electron chi connectivity index (χ4n) is 3.55. The first-order chi connectivity index (χ1) is 15.2. The molecule has 0 aliphatic rings. The highest BCUT2D eigenvalue weighted by molar-refractivity contribution is 7.16. The summed E-state index contributed by atoms with van der Waals surface area (Å²) in [6.07, 6.45) is 0.413. The van der Waals surface area contributed by atoms with Crippen LogP contribution in [0.2, 0.25) is 0 Å². The lowest BCUT2D eigenvalue weighted by molar-refractivity contribution is 0.448. The molecule has 0 saturated heterocycles. The quantitative estimate of drug-likeness (QED) is 0.295. The molecule has 0 fully saturated rings. The van der Waals surface area contributed by atoms with E-state index in [0.717, 1.165) is 16.5 Å². The van der Waals surface area contributed by atoms with Crippen LogP contribution in [-0.2, 0) is 6.42 Å². The normalized spacial score (nSPS) is 11.6. The van der Waals surface area contributed by atoms with Crippen molar-refractivity contribution in [3.63, 3.8) is 0 Å². The average molecular weight is 429 g/mol. The molecule has 0 N–H and O–H groups in total. The largest absolute Gasteiger partial charge is 0.422 e. The molecule has 0 spiro atoms. The van der Waals surface area contributed by atoms with Gasteiger partial charge in [-0.1, -0.05) is 46.8 Å². The van der Waals surface area contributed by atoms with Gasteiger partial charge in [-0.05, 0) is 29.4 Å². The van der Waals surface area contributed by atoms with Gasteiger partial charge in [-0.15, -0.1) is 4.91 Å². The lowest BCUT2D eigenvalue weighted by Crippen LogP contribution is -2.03. The van der Waals surface area contributed by atoms with E-state index >= 15 is 0 Å². The molecule has 0 amide bonds. The van der Waals surface area contributed by atoms with Crippen LogP contribution in [-0.4, -0.2) is 19.8 Å². The van der Waals surface area contributed by atoms with Gasteiger partial charge < -0.3 is 8.94 Å². The Kier molecular flexibility index (Phi) is 3.80. The molecule has 0 atom stereocenters. The molecule has 0 bridgehead atoms. The van der Waals surface area contributed by atoms with Crippen molar-refractivity contribution in [2.24, 2.45) is 5.18 Å². The van der Waals surface area contributed by atoms with E-state index in [2.05, 4.69) is 20.4 Å². The molecule has 0 aliphatic carbocycles. The predicted octanol–water partition coefficient (Wildman–Crippen LogP) is 4.69. The van der Waals surface area contributed by atoms with Gasteiger partial charge in [0.25, 0.3) is 0 Å². The molecule has 9 nitrogen and oxygen atoms in total. The molecule has 0 radical (unpaired) electrons. The highest BCUT2D eigenvalue weighted by Gasteiger charge is 2.23. The summed E-state index contributed by atoms with van der Waals surface area (Å²) >= 11 is 1.29. The number of hydrogen-bond donors (Lipinski definition) is 0. The van der Waals surface area contributed by atoms with Crippen LogP contribution in [0.3, 0.4) is 0 Å². The molecule has 0 saturated carbocycles. The first-order valence-corrected chi connectivity index (χ1v) is 10.1.